The van der Waals surface area contributed by atoms with Gasteiger partial charge in [0.05, 0.1) is 12.6 Å². The van der Waals surface area contributed by atoms with Gasteiger partial charge in [-0.15, -0.1) is 0 Å². The van der Waals surface area contributed by atoms with Crippen LogP contribution in [0.15, 0.2) is 4.99 Å². The molecule has 0 saturated heterocycles. The minimum absolute atomic E-state index is 0.349. The van der Waals surface area contributed by atoms with Crippen LogP contribution >= 0.6 is 0 Å². The summed E-state index contributed by atoms with van der Waals surface area (Å²) in [6.07, 6.45) is 0. The Bertz CT molecular complexity index is 145. The van der Waals surface area contributed by atoms with Crippen LogP contribution in [-0.2, 0) is 4.74 Å². The van der Waals surface area contributed by atoms with Gasteiger partial charge in [-0.2, -0.15) is 0 Å². The highest BCUT2D eigenvalue weighted by molar-refractivity contribution is 5.76. The Balaban J connectivity index is 2.42. The monoisotopic (exact) mass is 142 g/mol. The van der Waals surface area contributed by atoms with Crippen molar-refractivity contribution >= 4 is 6.02 Å². The molecule has 1 rings (SSSR count). The lowest BCUT2D eigenvalue weighted by molar-refractivity contribution is 0.313. The standard InChI is InChI=1S/C7H14N2O/c1-4-10-7-8-5(2)6(3)9-7/h5-6H,4H2,1-3H3,(H,8,9)/t5-,6+. The van der Waals surface area contributed by atoms with Gasteiger partial charge in [-0.1, -0.05) is 0 Å². The fourth-order valence-corrected chi connectivity index (χ4v) is 0.865. The third-order valence-electron chi connectivity index (χ3n) is 1.68. The van der Waals surface area contributed by atoms with Crippen LogP contribution in [0.5, 0.6) is 0 Å². The quantitative estimate of drug-likeness (QED) is 0.586. The van der Waals surface area contributed by atoms with E-state index in [4.69, 9.17) is 4.74 Å². The molecule has 0 unspecified atom stereocenters. The van der Waals surface area contributed by atoms with Crippen molar-refractivity contribution in [1.29, 1.82) is 0 Å². The molecule has 0 aromatic heterocycles. The van der Waals surface area contributed by atoms with Crippen molar-refractivity contribution in [2.45, 2.75) is 32.9 Å². The summed E-state index contributed by atoms with van der Waals surface area (Å²) in [5.41, 5.74) is 0. The van der Waals surface area contributed by atoms with Gasteiger partial charge in [-0.3, -0.25) is 0 Å². The first-order valence-corrected chi connectivity index (χ1v) is 3.71. The van der Waals surface area contributed by atoms with E-state index >= 15 is 0 Å². The molecule has 3 heteroatoms. The van der Waals surface area contributed by atoms with Crippen LogP contribution < -0.4 is 5.32 Å². The molecular formula is C7H14N2O. The lowest BCUT2D eigenvalue weighted by atomic mass is 10.2. The molecule has 0 aromatic rings. The molecule has 0 spiro atoms. The molecule has 1 heterocycles. The van der Waals surface area contributed by atoms with E-state index < -0.39 is 0 Å². The molecule has 1 aliphatic rings. The summed E-state index contributed by atoms with van der Waals surface area (Å²) in [5, 5.41) is 3.13. The number of nitrogens with one attached hydrogen (secondary N) is 1. The summed E-state index contributed by atoms with van der Waals surface area (Å²) in [5.74, 6) is 0. The molecule has 0 bridgehead atoms. The second kappa shape index (κ2) is 2.90. The van der Waals surface area contributed by atoms with E-state index in [0.29, 0.717) is 24.7 Å². The topological polar surface area (TPSA) is 33.6 Å². The lowest BCUT2D eigenvalue weighted by Gasteiger charge is -2.07. The maximum Gasteiger partial charge on any atom is 0.285 e. The molecular weight excluding hydrogens is 128 g/mol. The van der Waals surface area contributed by atoms with Crippen LogP contribution in [0.4, 0.5) is 0 Å². The van der Waals surface area contributed by atoms with Gasteiger partial charge in [0.25, 0.3) is 6.02 Å². The van der Waals surface area contributed by atoms with E-state index in [9.17, 15) is 0 Å². The summed E-state index contributed by atoms with van der Waals surface area (Å²) in [7, 11) is 0. The highest BCUT2D eigenvalue weighted by Gasteiger charge is 2.20. The van der Waals surface area contributed by atoms with E-state index in [1.165, 1.54) is 0 Å². The Morgan fingerprint density at radius 2 is 2.30 bits per heavy atom. The average Bonchev–Trinajstić information content (AvgIpc) is 2.14. The van der Waals surface area contributed by atoms with Crippen molar-refractivity contribution in [3.05, 3.63) is 0 Å². The molecule has 3 nitrogen and oxygen atoms in total. The Hall–Kier alpha value is -0.730. The molecule has 1 N–H and O–H groups in total. The fourth-order valence-electron chi connectivity index (χ4n) is 0.865. The minimum Gasteiger partial charge on any atom is -0.466 e. The van der Waals surface area contributed by atoms with Crippen LogP contribution in [0.1, 0.15) is 20.8 Å². The zero-order valence-corrected chi connectivity index (χ0v) is 6.72. The summed E-state index contributed by atoms with van der Waals surface area (Å²) < 4.78 is 5.18. The predicted octanol–water partition coefficient (Wildman–Crippen LogP) is 0.759. The zero-order valence-electron chi connectivity index (χ0n) is 6.72. The van der Waals surface area contributed by atoms with Crippen LogP contribution in [0.3, 0.4) is 0 Å². The third kappa shape index (κ3) is 1.40. The van der Waals surface area contributed by atoms with Gasteiger partial charge in [0.2, 0.25) is 0 Å². The molecule has 0 radical (unpaired) electrons. The van der Waals surface area contributed by atoms with Crippen LogP contribution in [-0.4, -0.2) is 24.7 Å². The highest BCUT2D eigenvalue weighted by Crippen LogP contribution is 2.05. The van der Waals surface area contributed by atoms with E-state index in [0.717, 1.165) is 0 Å². The number of aliphatic imine (C=N–C) groups is 1. The normalized spacial score (nSPS) is 31.3. The fraction of sp³-hybridized carbons (Fsp3) is 0.857. The average molecular weight is 142 g/mol. The van der Waals surface area contributed by atoms with E-state index in [1.807, 2.05) is 6.92 Å². The number of hydrogen-bond acceptors (Lipinski definition) is 3. The van der Waals surface area contributed by atoms with Crippen molar-refractivity contribution in [1.82, 2.24) is 5.32 Å². The van der Waals surface area contributed by atoms with Gasteiger partial charge in [0.15, 0.2) is 0 Å². The van der Waals surface area contributed by atoms with Crippen molar-refractivity contribution in [3.8, 4) is 0 Å². The van der Waals surface area contributed by atoms with Crippen LogP contribution in [0.25, 0.3) is 0 Å². The number of rotatable bonds is 1. The van der Waals surface area contributed by atoms with Gasteiger partial charge >= 0.3 is 0 Å². The number of nitrogens with zero attached hydrogens (tertiary/aromatic N) is 1. The lowest BCUT2D eigenvalue weighted by Crippen LogP contribution is -2.31. The molecule has 0 fully saturated rings. The van der Waals surface area contributed by atoms with Crippen molar-refractivity contribution < 1.29 is 4.74 Å². The highest BCUT2D eigenvalue weighted by atomic mass is 16.5. The summed E-state index contributed by atoms with van der Waals surface area (Å²) in [6, 6.07) is 1.46. The van der Waals surface area contributed by atoms with Crippen LogP contribution in [0, 0.1) is 0 Å². The molecule has 0 aromatic carbocycles. The van der Waals surface area contributed by atoms with Crippen molar-refractivity contribution in [3.63, 3.8) is 0 Å². The first-order chi connectivity index (χ1) is 4.74. The van der Waals surface area contributed by atoms with Gasteiger partial charge in [-0.25, -0.2) is 4.99 Å². The molecule has 2 atom stereocenters. The summed E-state index contributed by atoms with van der Waals surface area (Å²) >= 11 is 0. The van der Waals surface area contributed by atoms with Gasteiger partial charge in [-0.05, 0) is 20.8 Å². The van der Waals surface area contributed by atoms with Crippen molar-refractivity contribution in [2.24, 2.45) is 4.99 Å². The maximum absolute atomic E-state index is 5.18. The van der Waals surface area contributed by atoms with Gasteiger partial charge < -0.3 is 10.1 Å². The molecule has 1 aliphatic heterocycles. The Morgan fingerprint density at radius 3 is 2.70 bits per heavy atom. The van der Waals surface area contributed by atoms with Crippen LogP contribution in [0.2, 0.25) is 0 Å². The van der Waals surface area contributed by atoms with E-state index in [2.05, 4.69) is 24.2 Å². The molecule has 0 amide bonds. The first-order valence-electron chi connectivity index (χ1n) is 3.71. The second-order valence-corrected chi connectivity index (χ2v) is 2.54. The smallest absolute Gasteiger partial charge is 0.285 e. The largest absolute Gasteiger partial charge is 0.466 e. The second-order valence-electron chi connectivity index (χ2n) is 2.54. The van der Waals surface area contributed by atoms with E-state index in [-0.39, 0.29) is 0 Å². The SMILES string of the molecule is CCOC1=N[C@@H](C)[C@@H](C)N1. The van der Waals surface area contributed by atoms with Crippen molar-refractivity contribution in [2.75, 3.05) is 6.61 Å². The number of hydrogen-bond donors (Lipinski definition) is 1. The Kier molecular flexibility index (Phi) is 2.14. The zero-order chi connectivity index (χ0) is 7.56. The molecule has 10 heavy (non-hydrogen) atoms. The number of ether oxygens (including phenoxy) is 1. The Labute approximate surface area is 61.5 Å². The molecule has 58 valence electrons. The number of amidine groups is 1. The Morgan fingerprint density at radius 1 is 1.60 bits per heavy atom. The maximum atomic E-state index is 5.18. The minimum atomic E-state index is 0.349. The molecule has 0 saturated carbocycles. The van der Waals surface area contributed by atoms with Gasteiger partial charge in [0, 0.05) is 6.04 Å². The predicted molar refractivity (Wildman–Crippen MR) is 41.1 cm³/mol. The molecule has 0 aliphatic carbocycles. The first kappa shape index (κ1) is 7.38. The third-order valence-corrected chi connectivity index (χ3v) is 1.68. The van der Waals surface area contributed by atoms with E-state index in [1.54, 1.807) is 0 Å². The summed E-state index contributed by atoms with van der Waals surface area (Å²) in [6.45, 7) is 6.81. The van der Waals surface area contributed by atoms with Gasteiger partial charge in [0.1, 0.15) is 0 Å². The summed E-state index contributed by atoms with van der Waals surface area (Å²) in [4.78, 5) is 4.24.